The number of piperidine rings is 1. The maximum Gasteiger partial charge on any atom is 0.254 e. The fourth-order valence-electron chi connectivity index (χ4n) is 4.32. The van der Waals surface area contributed by atoms with Crippen LogP contribution in [0.4, 0.5) is 5.69 Å². The van der Waals surface area contributed by atoms with E-state index in [0.717, 1.165) is 23.6 Å². The molecule has 0 aliphatic carbocycles. The Balaban J connectivity index is 1.29. The van der Waals surface area contributed by atoms with Crippen LogP contribution in [0.1, 0.15) is 23.2 Å². The number of benzene rings is 3. The largest absolute Gasteiger partial charge is 0.486 e. The van der Waals surface area contributed by atoms with E-state index in [1.165, 1.54) is 0 Å². The number of rotatable bonds is 3. The quantitative estimate of drug-likeness (QED) is 0.698. The average molecular weight is 416 g/mol. The molecule has 1 unspecified atom stereocenters. The molecule has 0 saturated carbocycles. The Morgan fingerprint density at radius 3 is 2.65 bits per heavy atom. The van der Waals surface area contributed by atoms with Gasteiger partial charge in [0.25, 0.3) is 5.91 Å². The summed E-state index contributed by atoms with van der Waals surface area (Å²) in [5.74, 6) is 0.982. The molecule has 31 heavy (non-hydrogen) atoms. The highest BCUT2D eigenvalue weighted by atomic mass is 16.6. The molecule has 2 aliphatic heterocycles. The van der Waals surface area contributed by atoms with Gasteiger partial charge in [0.05, 0.1) is 5.92 Å². The second-order valence-corrected chi connectivity index (χ2v) is 7.96. The lowest BCUT2D eigenvalue weighted by Gasteiger charge is -2.32. The predicted molar refractivity (Wildman–Crippen MR) is 119 cm³/mol. The molecule has 0 bridgehead atoms. The molecule has 2 amide bonds. The van der Waals surface area contributed by atoms with Gasteiger partial charge in [0.1, 0.15) is 13.2 Å². The lowest BCUT2D eigenvalue weighted by molar-refractivity contribution is -0.121. The summed E-state index contributed by atoms with van der Waals surface area (Å²) < 4.78 is 11.1. The minimum atomic E-state index is -0.249. The molecule has 1 atom stereocenters. The second-order valence-electron chi connectivity index (χ2n) is 7.96. The number of nitrogens with zero attached hydrogens (tertiary/aromatic N) is 1. The number of anilines is 1. The fourth-order valence-corrected chi connectivity index (χ4v) is 4.32. The lowest BCUT2D eigenvalue weighted by Crippen LogP contribution is -2.43. The number of nitrogens with one attached hydrogen (secondary N) is 1. The van der Waals surface area contributed by atoms with Crippen molar-refractivity contribution in [1.29, 1.82) is 0 Å². The van der Waals surface area contributed by atoms with E-state index in [9.17, 15) is 9.59 Å². The Morgan fingerprint density at radius 1 is 0.935 bits per heavy atom. The highest BCUT2D eigenvalue weighted by Crippen LogP contribution is 2.33. The molecule has 1 N–H and O–H groups in total. The number of carbonyl (C=O) groups excluding carboxylic acids is 2. The monoisotopic (exact) mass is 416 g/mol. The summed E-state index contributed by atoms with van der Waals surface area (Å²) >= 11 is 0. The minimum absolute atomic E-state index is 0.0198. The Kier molecular flexibility index (Phi) is 5.20. The van der Waals surface area contributed by atoms with Crippen LogP contribution in [0.3, 0.4) is 0 Å². The summed E-state index contributed by atoms with van der Waals surface area (Å²) in [6, 6.07) is 19.1. The third kappa shape index (κ3) is 3.93. The number of hydrogen-bond acceptors (Lipinski definition) is 4. The maximum atomic E-state index is 13.3. The van der Waals surface area contributed by atoms with Crippen LogP contribution in [-0.2, 0) is 4.79 Å². The molecule has 0 spiro atoms. The zero-order chi connectivity index (χ0) is 21.2. The van der Waals surface area contributed by atoms with Crippen molar-refractivity contribution < 1.29 is 19.1 Å². The molecule has 2 aliphatic rings. The average Bonchev–Trinajstić information content (AvgIpc) is 2.83. The molecule has 3 aromatic rings. The summed E-state index contributed by atoms with van der Waals surface area (Å²) in [7, 11) is 0. The molecular formula is C25H24N2O4. The zero-order valence-corrected chi connectivity index (χ0v) is 17.2. The first-order valence-corrected chi connectivity index (χ1v) is 10.7. The van der Waals surface area contributed by atoms with Gasteiger partial charge < -0.3 is 19.7 Å². The Bertz CT molecular complexity index is 1140. The molecular weight excluding hydrogens is 392 g/mol. The first-order chi connectivity index (χ1) is 15.2. The van der Waals surface area contributed by atoms with E-state index >= 15 is 0 Å². The Morgan fingerprint density at radius 2 is 1.74 bits per heavy atom. The van der Waals surface area contributed by atoms with Crippen molar-refractivity contribution in [2.75, 3.05) is 31.6 Å². The standard InChI is InChI=1S/C25H24N2O4/c28-24(26-19-10-11-22-23(15-19)31-14-13-30-22)18-7-4-12-27(16-18)25(29)21-9-3-6-17-5-1-2-8-20(17)21/h1-3,5-6,8-11,15,18H,4,7,12-14,16H2,(H,26,28). The van der Waals surface area contributed by atoms with Crippen LogP contribution in [0.25, 0.3) is 10.8 Å². The van der Waals surface area contributed by atoms with Gasteiger partial charge in [-0.3, -0.25) is 9.59 Å². The zero-order valence-electron chi connectivity index (χ0n) is 17.2. The van der Waals surface area contributed by atoms with Crippen LogP contribution in [0.2, 0.25) is 0 Å². The number of likely N-dealkylation sites (tertiary alicyclic amines) is 1. The van der Waals surface area contributed by atoms with E-state index in [0.29, 0.717) is 49.1 Å². The molecule has 1 saturated heterocycles. The number of amides is 2. The second kappa shape index (κ2) is 8.30. The van der Waals surface area contributed by atoms with Gasteiger partial charge in [-0.15, -0.1) is 0 Å². The number of hydrogen-bond donors (Lipinski definition) is 1. The van der Waals surface area contributed by atoms with Crippen molar-refractivity contribution in [3.8, 4) is 11.5 Å². The summed E-state index contributed by atoms with van der Waals surface area (Å²) in [5.41, 5.74) is 1.36. The fraction of sp³-hybridized carbons (Fsp3) is 0.280. The number of carbonyl (C=O) groups is 2. The van der Waals surface area contributed by atoms with E-state index in [1.807, 2.05) is 48.5 Å². The molecule has 3 aromatic carbocycles. The topological polar surface area (TPSA) is 67.9 Å². The van der Waals surface area contributed by atoms with E-state index < -0.39 is 0 Å². The van der Waals surface area contributed by atoms with Crippen molar-refractivity contribution in [2.45, 2.75) is 12.8 Å². The van der Waals surface area contributed by atoms with Crippen molar-refractivity contribution in [3.63, 3.8) is 0 Å². The van der Waals surface area contributed by atoms with E-state index in [-0.39, 0.29) is 17.7 Å². The van der Waals surface area contributed by atoms with Gasteiger partial charge in [-0.25, -0.2) is 0 Å². The number of ether oxygens (including phenoxy) is 2. The molecule has 1 fully saturated rings. The van der Waals surface area contributed by atoms with Crippen molar-refractivity contribution >= 4 is 28.3 Å². The van der Waals surface area contributed by atoms with E-state index in [2.05, 4.69) is 5.32 Å². The van der Waals surface area contributed by atoms with Crippen molar-refractivity contribution in [3.05, 3.63) is 66.2 Å². The molecule has 5 rings (SSSR count). The summed E-state index contributed by atoms with van der Waals surface area (Å²) in [6.45, 7) is 2.11. The molecule has 2 heterocycles. The van der Waals surface area contributed by atoms with E-state index in [1.54, 1.807) is 17.0 Å². The Hall–Kier alpha value is -3.54. The van der Waals surface area contributed by atoms with Gasteiger partial charge >= 0.3 is 0 Å². The SMILES string of the molecule is O=C(Nc1ccc2c(c1)OCCO2)C1CCCN(C(=O)c2cccc3ccccc23)C1. The van der Waals surface area contributed by atoms with Crippen LogP contribution in [0.5, 0.6) is 11.5 Å². The minimum Gasteiger partial charge on any atom is -0.486 e. The summed E-state index contributed by atoms with van der Waals surface area (Å²) in [6.07, 6.45) is 1.56. The molecule has 0 aromatic heterocycles. The van der Waals surface area contributed by atoms with Gasteiger partial charge in [-0.2, -0.15) is 0 Å². The normalized spacial score (nSPS) is 17.9. The Labute approximate surface area is 180 Å². The third-order valence-electron chi connectivity index (χ3n) is 5.91. The van der Waals surface area contributed by atoms with Crippen LogP contribution in [0.15, 0.2) is 60.7 Å². The van der Waals surface area contributed by atoms with Gasteiger partial charge in [0.2, 0.25) is 5.91 Å². The molecule has 6 heteroatoms. The van der Waals surface area contributed by atoms with Crippen LogP contribution >= 0.6 is 0 Å². The first kappa shape index (κ1) is 19.4. The van der Waals surface area contributed by atoms with Crippen molar-refractivity contribution in [1.82, 2.24) is 4.90 Å². The highest BCUT2D eigenvalue weighted by molar-refractivity contribution is 6.07. The molecule has 158 valence electrons. The first-order valence-electron chi connectivity index (χ1n) is 10.7. The van der Waals surface area contributed by atoms with Crippen LogP contribution < -0.4 is 14.8 Å². The predicted octanol–water partition coefficient (Wildman–Crippen LogP) is 4.10. The lowest BCUT2D eigenvalue weighted by atomic mass is 9.95. The smallest absolute Gasteiger partial charge is 0.254 e. The van der Waals surface area contributed by atoms with Gasteiger partial charge in [0.15, 0.2) is 11.5 Å². The van der Waals surface area contributed by atoms with Crippen molar-refractivity contribution in [2.24, 2.45) is 5.92 Å². The summed E-state index contributed by atoms with van der Waals surface area (Å²) in [4.78, 5) is 28.0. The highest BCUT2D eigenvalue weighted by Gasteiger charge is 2.29. The van der Waals surface area contributed by atoms with Gasteiger partial charge in [0, 0.05) is 30.4 Å². The number of fused-ring (bicyclic) bond motifs is 2. The maximum absolute atomic E-state index is 13.3. The molecule has 0 radical (unpaired) electrons. The van der Waals surface area contributed by atoms with Gasteiger partial charge in [-0.1, -0.05) is 36.4 Å². The molecule has 6 nitrogen and oxygen atoms in total. The van der Waals surface area contributed by atoms with Crippen LogP contribution in [0, 0.1) is 5.92 Å². The van der Waals surface area contributed by atoms with E-state index in [4.69, 9.17) is 9.47 Å². The van der Waals surface area contributed by atoms with Crippen LogP contribution in [-0.4, -0.2) is 43.0 Å². The summed E-state index contributed by atoms with van der Waals surface area (Å²) in [5, 5.41) is 4.96. The third-order valence-corrected chi connectivity index (χ3v) is 5.91. The van der Waals surface area contributed by atoms with Gasteiger partial charge in [-0.05, 0) is 41.8 Å².